The molecule has 0 radical (unpaired) electrons. The van der Waals surface area contributed by atoms with Crippen molar-refractivity contribution in [3.05, 3.63) is 48.2 Å². The number of aryl methyl sites for hydroxylation is 1. The normalized spacial score (nSPS) is 10.2. The van der Waals surface area contributed by atoms with Crippen LogP contribution in [-0.4, -0.2) is 25.0 Å². The summed E-state index contributed by atoms with van der Waals surface area (Å²) in [6.07, 6.45) is 1.78. The molecule has 1 aromatic heterocycles. The average molecular weight is 264 g/mol. The third kappa shape index (κ3) is 2.58. The fraction of sp³-hybridized carbons (Fsp3) is 0.0833. The van der Waals surface area contributed by atoms with Crippen LogP contribution in [0, 0.1) is 6.92 Å². The van der Waals surface area contributed by atoms with Crippen molar-refractivity contribution >= 4 is 24.0 Å². The summed E-state index contributed by atoms with van der Waals surface area (Å²) in [6, 6.07) is 11.5. The molecule has 0 aliphatic heterocycles. The zero-order valence-corrected chi connectivity index (χ0v) is 10.1. The number of nitrogens with zero attached hydrogens (tertiary/aromatic N) is 1. The molecule has 0 aliphatic carbocycles. The standard InChI is InChI=1S/C12H11NOSe/c1-9-5-6-10(14)11(8-9)15-12-4-2-3-7-13-12/h2-8,14H,1H3. The van der Waals surface area contributed by atoms with Crippen molar-refractivity contribution in [1.29, 1.82) is 0 Å². The van der Waals surface area contributed by atoms with E-state index in [1.807, 2.05) is 37.3 Å². The van der Waals surface area contributed by atoms with Gasteiger partial charge in [0, 0.05) is 0 Å². The van der Waals surface area contributed by atoms with Crippen molar-refractivity contribution in [1.82, 2.24) is 4.98 Å². The van der Waals surface area contributed by atoms with Crippen LogP contribution in [0.5, 0.6) is 5.75 Å². The Morgan fingerprint density at radius 2 is 2.07 bits per heavy atom. The Bertz CT molecular complexity index is 456. The van der Waals surface area contributed by atoms with Gasteiger partial charge in [-0.3, -0.25) is 0 Å². The molecule has 2 nitrogen and oxygen atoms in total. The number of rotatable bonds is 2. The molecule has 76 valence electrons. The molecule has 2 aromatic rings. The fourth-order valence-corrected chi connectivity index (χ4v) is 3.12. The molecular weight excluding hydrogens is 253 g/mol. The summed E-state index contributed by atoms with van der Waals surface area (Å²) in [5.41, 5.74) is 1.17. The quantitative estimate of drug-likeness (QED) is 0.812. The number of aromatic hydroxyl groups is 1. The summed E-state index contributed by atoms with van der Waals surface area (Å²) in [6.45, 7) is 2.03. The number of aromatic nitrogens is 1. The zero-order valence-electron chi connectivity index (χ0n) is 8.34. The first kappa shape index (κ1) is 10.2. The predicted octanol–water partition coefficient (Wildman–Crippen LogP) is 0.751. The Kier molecular flexibility index (Phi) is 3.05. The number of pyridine rings is 1. The van der Waals surface area contributed by atoms with E-state index in [1.54, 1.807) is 12.3 Å². The van der Waals surface area contributed by atoms with Crippen LogP contribution >= 0.6 is 0 Å². The molecule has 0 saturated heterocycles. The molecule has 0 fully saturated rings. The summed E-state index contributed by atoms with van der Waals surface area (Å²) >= 11 is 0.0807. The van der Waals surface area contributed by atoms with Crippen LogP contribution in [0.3, 0.4) is 0 Å². The minimum atomic E-state index is 0.0807. The Balaban J connectivity index is 2.28. The van der Waals surface area contributed by atoms with Gasteiger partial charge in [-0.05, 0) is 0 Å². The molecule has 0 spiro atoms. The number of hydrogen-bond donors (Lipinski definition) is 1. The topological polar surface area (TPSA) is 33.1 Å². The molecule has 2 rings (SSSR count). The van der Waals surface area contributed by atoms with E-state index in [0.29, 0.717) is 5.75 Å². The van der Waals surface area contributed by atoms with Crippen molar-refractivity contribution in [2.75, 3.05) is 0 Å². The molecule has 0 unspecified atom stereocenters. The Morgan fingerprint density at radius 1 is 1.20 bits per heavy atom. The van der Waals surface area contributed by atoms with Crippen LogP contribution < -0.4 is 9.05 Å². The molecule has 0 bridgehead atoms. The maximum absolute atomic E-state index is 9.68. The van der Waals surface area contributed by atoms with Crippen molar-refractivity contribution in [3.8, 4) is 5.75 Å². The Labute approximate surface area is 95.1 Å². The van der Waals surface area contributed by atoms with Crippen LogP contribution in [0.25, 0.3) is 0 Å². The summed E-state index contributed by atoms with van der Waals surface area (Å²) in [4.78, 5) is 4.26. The van der Waals surface area contributed by atoms with Gasteiger partial charge in [-0.25, -0.2) is 0 Å². The summed E-state index contributed by atoms with van der Waals surface area (Å²) in [5.74, 6) is 0.367. The van der Waals surface area contributed by atoms with Gasteiger partial charge in [-0.1, -0.05) is 0 Å². The number of phenolic OH excluding ortho intramolecular Hbond substituents is 1. The van der Waals surface area contributed by atoms with E-state index in [2.05, 4.69) is 4.98 Å². The second kappa shape index (κ2) is 4.47. The van der Waals surface area contributed by atoms with Crippen molar-refractivity contribution in [3.63, 3.8) is 0 Å². The molecule has 1 N–H and O–H groups in total. The molecule has 1 aromatic carbocycles. The van der Waals surface area contributed by atoms with Gasteiger partial charge in [0.05, 0.1) is 0 Å². The van der Waals surface area contributed by atoms with Gasteiger partial charge in [-0.2, -0.15) is 0 Å². The van der Waals surface area contributed by atoms with E-state index in [-0.39, 0.29) is 15.0 Å². The SMILES string of the molecule is Cc1ccc(O)c([Se]c2ccccn2)c1. The Morgan fingerprint density at radius 3 is 2.80 bits per heavy atom. The number of phenols is 1. The van der Waals surface area contributed by atoms with Crippen LogP contribution in [-0.2, 0) is 0 Å². The van der Waals surface area contributed by atoms with Gasteiger partial charge in [0.2, 0.25) is 0 Å². The summed E-state index contributed by atoms with van der Waals surface area (Å²) in [5, 5.41) is 9.68. The molecule has 3 heteroatoms. The first-order valence-corrected chi connectivity index (χ1v) is 6.35. The van der Waals surface area contributed by atoms with E-state index >= 15 is 0 Å². The van der Waals surface area contributed by atoms with Gasteiger partial charge in [0.1, 0.15) is 0 Å². The zero-order chi connectivity index (χ0) is 10.7. The van der Waals surface area contributed by atoms with E-state index < -0.39 is 0 Å². The predicted molar refractivity (Wildman–Crippen MR) is 62.1 cm³/mol. The third-order valence-electron chi connectivity index (χ3n) is 1.97. The molecule has 0 saturated carbocycles. The van der Waals surface area contributed by atoms with E-state index in [4.69, 9.17) is 0 Å². The number of benzene rings is 1. The van der Waals surface area contributed by atoms with Gasteiger partial charge >= 0.3 is 94.9 Å². The summed E-state index contributed by atoms with van der Waals surface area (Å²) in [7, 11) is 0. The van der Waals surface area contributed by atoms with Gasteiger partial charge in [-0.15, -0.1) is 0 Å². The molecule has 1 heterocycles. The molecule has 0 amide bonds. The van der Waals surface area contributed by atoms with E-state index in [1.165, 1.54) is 5.56 Å². The van der Waals surface area contributed by atoms with Crippen molar-refractivity contribution in [2.24, 2.45) is 0 Å². The summed E-state index contributed by atoms with van der Waals surface area (Å²) < 4.78 is 2.02. The third-order valence-corrected chi connectivity index (χ3v) is 4.06. The first-order valence-electron chi connectivity index (χ1n) is 4.64. The molecule has 0 aliphatic rings. The van der Waals surface area contributed by atoms with E-state index in [9.17, 15) is 5.11 Å². The van der Waals surface area contributed by atoms with Crippen molar-refractivity contribution < 1.29 is 5.11 Å². The monoisotopic (exact) mass is 265 g/mol. The second-order valence-electron chi connectivity index (χ2n) is 3.24. The minimum absolute atomic E-state index is 0.0807. The number of hydrogen-bond acceptors (Lipinski definition) is 2. The average Bonchev–Trinajstić information content (AvgIpc) is 2.25. The fourth-order valence-electron chi connectivity index (χ4n) is 1.22. The second-order valence-corrected chi connectivity index (χ2v) is 5.47. The van der Waals surface area contributed by atoms with Gasteiger partial charge in [0.15, 0.2) is 0 Å². The first-order chi connectivity index (χ1) is 7.25. The van der Waals surface area contributed by atoms with Gasteiger partial charge in [0.25, 0.3) is 0 Å². The molecule has 15 heavy (non-hydrogen) atoms. The van der Waals surface area contributed by atoms with Crippen LogP contribution in [0.1, 0.15) is 5.56 Å². The molecular formula is C12H11NOSe. The maximum atomic E-state index is 9.68. The Hall–Kier alpha value is -1.31. The van der Waals surface area contributed by atoms with Crippen LogP contribution in [0.2, 0.25) is 0 Å². The van der Waals surface area contributed by atoms with Crippen LogP contribution in [0.15, 0.2) is 42.6 Å². The van der Waals surface area contributed by atoms with Crippen molar-refractivity contribution in [2.45, 2.75) is 6.92 Å². The van der Waals surface area contributed by atoms with Crippen LogP contribution in [0.4, 0.5) is 0 Å². The molecule has 0 atom stereocenters. The van der Waals surface area contributed by atoms with Gasteiger partial charge < -0.3 is 0 Å². The van der Waals surface area contributed by atoms with E-state index in [0.717, 1.165) is 9.05 Å².